The van der Waals surface area contributed by atoms with Gasteiger partial charge in [-0.1, -0.05) is 6.92 Å². The molecule has 0 bridgehead atoms. The van der Waals surface area contributed by atoms with E-state index in [2.05, 4.69) is 11.4 Å². The van der Waals surface area contributed by atoms with Gasteiger partial charge in [0.25, 0.3) is 0 Å². The van der Waals surface area contributed by atoms with Gasteiger partial charge < -0.3 is 4.90 Å². The minimum Gasteiger partial charge on any atom is -0.303 e. The van der Waals surface area contributed by atoms with E-state index in [1.54, 1.807) is 0 Å². The van der Waals surface area contributed by atoms with E-state index in [4.69, 9.17) is 0 Å². The highest BCUT2D eigenvalue weighted by Crippen LogP contribution is 2.14. The van der Waals surface area contributed by atoms with Crippen LogP contribution >= 0.6 is 0 Å². The zero-order valence-corrected chi connectivity index (χ0v) is 12.8. The molecule has 6 heteroatoms. The van der Waals surface area contributed by atoms with Crippen LogP contribution in [0.15, 0.2) is 0 Å². The number of nitrogens with zero attached hydrogens (tertiary/aromatic N) is 2. The predicted octanol–water partition coefficient (Wildman–Crippen LogP) is 0.633. The lowest BCUT2D eigenvalue weighted by atomic mass is 9.94. The zero-order valence-electron chi connectivity index (χ0n) is 12.0. The summed E-state index contributed by atoms with van der Waals surface area (Å²) in [5.41, 5.74) is -0.562. The first-order valence-electron chi connectivity index (χ1n) is 6.18. The van der Waals surface area contributed by atoms with Gasteiger partial charge >= 0.3 is 0 Å². The fraction of sp³-hybridized carbons (Fsp3) is 0.917. The Morgan fingerprint density at radius 2 is 2.06 bits per heavy atom. The van der Waals surface area contributed by atoms with Crippen LogP contribution < -0.4 is 5.32 Å². The molecule has 2 atom stereocenters. The van der Waals surface area contributed by atoms with Crippen molar-refractivity contribution in [1.29, 1.82) is 5.26 Å². The molecular formula is C12H25N3O2S. The van der Waals surface area contributed by atoms with Gasteiger partial charge in [-0.3, -0.25) is 5.32 Å². The standard InChI is InChI=1S/C12H25N3O2S/c1-6-14-12(3,10-13)9-11(2)15(4)7-8-18(5,16)17/h11,14H,6-9H2,1-5H3. The Bertz CT molecular complexity index is 389. The summed E-state index contributed by atoms with van der Waals surface area (Å²) in [7, 11) is -1.05. The smallest absolute Gasteiger partial charge is 0.148 e. The van der Waals surface area contributed by atoms with Gasteiger partial charge in [0.2, 0.25) is 0 Å². The highest BCUT2D eigenvalue weighted by molar-refractivity contribution is 7.90. The number of nitrogens with one attached hydrogen (secondary N) is 1. The zero-order chi connectivity index (χ0) is 14.4. The van der Waals surface area contributed by atoms with Gasteiger partial charge in [0.1, 0.15) is 15.4 Å². The Hall–Kier alpha value is -0.640. The second-order valence-electron chi connectivity index (χ2n) is 5.14. The van der Waals surface area contributed by atoms with E-state index >= 15 is 0 Å². The Balaban J connectivity index is 4.39. The SMILES string of the molecule is CCNC(C)(C#N)CC(C)N(C)CCS(C)(=O)=O. The van der Waals surface area contributed by atoms with E-state index < -0.39 is 15.4 Å². The molecule has 0 aromatic rings. The van der Waals surface area contributed by atoms with E-state index in [1.807, 2.05) is 32.7 Å². The summed E-state index contributed by atoms with van der Waals surface area (Å²) in [5.74, 6) is 0.151. The van der Waals surface area contributed by atoms with Crippen LogP contribution in [0.1, 0.15) is 27.2 Å². The topological polar surface area (TPSA) is 73.2 Å². The molecule has 0 aromatic carbocycles. The van der Waals surface area contributed by atoms with Crippen molar-refractivity contribution in [3.8, 4) is 6.07 Å². The molecule has 106 valence electrons. The summed E-state index contributed by atoms with van der Waals surface area (Å²) in [6.45, 7) is 7.08. The predicted molar refractivity (Wildman–Crippen MR) is 74.1 cm³/mol. The van der Waals surface area contributed by atoms with Crippen molar-refractivity contribution in [2.45, 2.75) is 38.8 Å². The third kappa shape index (κ3) is 6.94. The lowest BCUT2D eigenvalue weighted by Crippen LogP contribution is -2.47. The lowest BCUT2D eigenvalue weighted by molar-refractivity contribution is 0.224. The summed E-state index contributed by atoms with van der Waals surface area (Å²) in [5, 5.41) is 12.3. The number of nitriles is 1. The largest absolute Gasteiger partial charge is 0.303 e. The average molecular weight is 275 g/mol. The minimum absolute atomic E-state index is 0.149. The van der Waals surface area contributed by atoms with E-state index in [9.17, 15) is 13.7 Å². The van der Waals surface area contributed by atoms with Crippen molar-refractivity contribution < 1.29 is 8.42 Å². The van der Waals surface area contributed by atoms with Crippen molar-refractivity contribution in [3.05, 3.63) is 0 Å². The van der Waals surface area contributed by atoms with Gasteiger partial charge in [0, 0.05) is 18.8 Å². The first-order valence-corrected chi connectivity index (χ1v) is 8.24. The van der Waals surface area contributed by atoms with Crippen molar-refractivity contribution in [1.82, 2.24) is 10.2 Å². The Kier molecular flexibility index (Phi) is 6.82. The third-order valence-corrected chi connectivity index (χ3v) is 4.01. The minimum atomic E-state index is -2.93. The molecule has 0 fully saturated rings. The Morgan fingerprint density at radius 1 is 1.50 bits per heavy atom. The summed E-state index contributed by atoms with van der Waals surface area (Å²) in [6, 6.07) is 2.43. The molecule has 0 aliphatic rings. The van der Waals surface area contributed by atoms with Crippen molar-refractivity contribution in [2.24, 2.45) is 0 Å². The van der Waals surface area contributed by atoms with Gasteiger partial charge in [0.15, 0.2) is 0 Å². The second kappa shape index (κ2) is 7.07. The molecule has 0 amide bonds. The van der Waals surface area contributed by atoms with Crippen molar-refractivity contribution in [2.75, 3.05) is 32.1 Å². The van der Waals surface area contributed by atoms with Crippen molar-refractivity contribution in [3.63, 3.8) is 0 Å². The second-order valence-corrected chi connectivity index (χ2v) is 7.40. The molecule has 1 N–H and O–H groups in total. The van der Waals surface area contributed by atoms with E-state index in [-0.39, 0.29) is 11.8 Å². The molecule has 0 heterocycles. The Morgan fingerprint density at radius 3 is 2.44 bits per heavy atom. The van der Waals surface area contributed by atoms with Crippen LogP contribution in [0.3, 0.4) is 0 Å². The van der Waals surface area contributed by atoms with Gasteiger partial charge in [-0.2, -0.15) is 5.26 Å². The molecule has 5 nitrogen and oxygen atoms in total. The molecule has 0 saturated carbocycles. The average Bonchev–Trinajstić information content (AvgIpc) is 2.25. The molecule has 0 radical (unpaired) electrons. The summed E-state index contributed by atoms with van der Waals surface area (Å²) < 4.78 is 22.2. The van der Waals surface area contributed by atoms with Gasteiger partial charge in [0.05, 0.1) is 11.8 Å². The maximum Gasteiger partial charge on any atom is 0.148 e. The summed E-state index contributed by atoms with van der Waals surface area (Å²) >= 11 is 0. The molecular weight excluding hydrogens is 250 g/mol. The molecule has 18 heavy (non-hydrogen) atoms. The van der Waals surface area contributed by atoms with Gasteiger partial charge in [-0.05, 0) is 33.9 Å². The molecule has 0 rings (SSSR count). The monoisotopic (exact) mass is 275 g/mol. The number of hydrogen-bond donors (Lipinski definition) is 1. The quantitative estimate of drug-likeness (QED) is 0.703. The first kappa shape index (κ1) is 17.4. The van der Waals surface area contributed by atoms with E-state index in [0.29, 0.717) is 13.0 Å². The van der Waals surface area contributed by atoms with Crippen LogP contribution in [0.2, 0.25) is 0 Å². The van der Waals surface area contributed by atoms with E-state index in [1.165, 1.54) is 6.26 Å². The highest BCUT2D eigenvalue weighted by atomic mass is 32.2. The molecule has 0 spiro atoms. The van der Waals surface area contributed by atoms with Gasteiger partial charge in [-0.25, -0.2) is 8.42 Å². The van der Waals surface area contributed by atoms with Crippen LogP contribution in [-0.4, -0.2) is 57.0 Å². The lowest BCUT2D eigenvalue weighted by Gasteiger charge is -2.31. The van der Waals surface area contributed by atoms with Crippen LogP contribution in [0.25, 0.3) is 0 Å². The van der Waals surface area contributed by atoms with Gasteiger partial charge in [-0.15, -0.1) is 0 Å². The Labute approximate surface area is 111 Å². The summed E-state index contributed by atoms with van der Waals surface area (Å²) in [6.07, 6.45) is 1.90. The highest BCUT2D eigenvalue weighted by Gasteiger charge is 2.26. The maximum atomic E-state index is 11.1. The fourth-order valence-electron chi connectivity index (χ4n) is 1.82. The van der Waals surface area contributed by atoms with Crippen molar-refractivity contribution >= 4 is 9.84 Å². The van der Waals surface area contributed by atoms with Crippen LogP contribution in [0.4, 0.5) is 0 Å². The molecule has 0 saturated heterocycles. The van der Waals surface area contributed by atoms with Crippen LogP contribution in [0.5, 0.6) is 0 Å². The van der Waals surface area contributed by atoms with Crippen LogP contribution in [0, 0.1) is 11.3 Å². The van der Waals surface area contributed by atoms with E-state index in [0.717, 1.165) is 6.54 Å². The van der Waals surface area contributed by atoms with Crippen LogP contribution in [-0.2, 0) is 9.84 Å². The first-order chi connectivity index (χ1) is 8.13. The number of sulfone groups is 1. The summed E-state index contributed by atoms with van der Waals surface area (Å²) in [4.78, 5) is 1.98. The normalized spacial score (nSPS) is 17.2. The third-order valence-electron chi connectivity index (χ3n) is 3.08. The number of rotatable bonds is 8. The molecule has 0 aliphatic carbocycles. The molecule has 0 aliphatic heterocycles. The molecule has 2 unspecified atom stereocenters. The maximum absolute atomic E-state index is 11.1. The fourth-order valence-corrected chi connectivity index (χ4v) is 2.44. The number of hydrogen-bond acceptors (Lipinski definition) is 5. The molecule has 0 aromatic heterocycles.